The van der Waals surface area contributed by atoms with Crippen molar-refractivity contribution in [2.45, 2.75) is 13.5 Å². The van der Waals surface area contributed by atoms with Crippen molar-refractivity contribution in [2.75, 3.05) is 13.8 Å². The molecule has 0 fully saturated rings. The third-order valence-corrected chi connectivity index (χ3v) is 2.79. The summed E-state index contributed by atoms with van der Waals surface area (Å²) in [6.07, 6.45) is 0. The van der Waals surface area contributed by atoms with Gasteiger partial charge in [0.25, 0.3) is 0 Å². The van der Waals surface area contributed by atoms with Crippen LogP contribution in [0.15, 0.2) is 6.07 Å². The van der Waals surface area contributed by atoms with Crippen LogP contribution in [-0.2, 0) is 6.54 Å². The SMILES string of the molecule is CNCc1cc2c(c(C)c1Cl)OCO2. The molecule has 0 atom stereocenters. The molecule has 0 aliphatic carbocycles. The Morgan fingerprint density at radius 2 is 2.29 bits per heavy atom. The lowest BCUT2D eigenvalue weighted by molar-refractivity contribution is 0.173. The van der Waals surface area contributed by atoms with Crippen molar-refractivity contribution in [2.24, 2.45) is 0 Å². The Hall–Kier alpha value is -0.930. The summed E-state index contributed by atoms with van der Waals surface area (Å²) in [6.45, 7) is 2.96. The molecule has 0 radical (unpaired) electrons. The third-order valence-electron chi connectivity index (χ3n) is 2.27. The highest BCUT2D eigenvalue weighted by Gasteiger charge is 2.20. The Bertz CT molecular complexity index is 366. The van der Waals surface area contributed by atoms with Crippen LogP contribution in [-0.4, -0.2) is 13.8 Å². The molecule has 1 N–H and O–H groups in total. The molecule has 0 unspecified atom stereocenters. The Labute approximate surface area is 88.0 Å². The minimum atomic E-state index is 0.287. The molecule has 0 saturated heterocycles. The minimum absolute atomic E-state index is 0.287. The van der Waals surface area contributed by atoms with Crippen LogP contribution in [0.25, 0.3) is 0 Å². The van der Waals surface area contributed by atoms with Gasteiger partial charge in [-0.1, -0.05) is 11.6 Å². The normalized spacial score (nSPS) is 13.4. The number of halogens is 1. The first-order valence-electron chi connectivity index (χ1n) is 4.46. The second-order valence-corrected chi connectivity index (χ2v) is 3.62. The summed E-state index contributed by atoms with van der Waals surface area (Å²) in [5.74, 6) is 1.56. The standard InChI is InChI=1S/C10H12ClNO2/c1-6-9(11)7(4-12-2)3-8-10(6)14-5-13-8/h3,12H,4-5H2,1-2H3. The molecule has 1 aliphatic rings. The zero-order chi connectivity index (χ0) is 10.1. The fourth-order valence-corrected chi connectivity index (χ4v) is 1.78. The van der Waals surface area contributed by atoms with E-state index in [0.29, 0.717) is 0 Å². The van der Waals surface area contributed by atoms with Crippen molar-refractivity contribution in [3.8, 4) is 11.5 Å². The van der Waals surface area contributed by atoms with Crippen LogP contribution < -0.4 is 14.8 Å². The number of nitrogens with one attached hydrogen (secondary N) is 1. The van der Waals surface area contributed by atoms with E-state index < -0.39 is 0 Å². The summed E-state index contributed by atoms with van der Waals surface area (Å²) in [5, 5.41) is 3.82. The molecule has 1 aliphatic heterocycles. The molecule has 2 rings (SSSR count). The molecule has 0 spiro atoms. The molecular weight excluding hydrogens is 202 g/mol. The van der Waals surface area contributed by atoms with Crippen LogP contribution in [0.4, 0.5) is 0 Å². The van der Waals surface area contributed by atoms with E-state index in [4.69, 9.17) is 21.1 Å². The van der Waals surface area contributed by atoms with Gasteiger partial charge in [-0.2, -0.15) is 0 Å². The first-order valence-corrected chi connectivity index (χ1v) is 4.84. The molecule has 76 valence electrons. The molecule has 3 nitrogen and oxygen atoms in total. The van der Waals surface area contributed by atoms with E-state index in [-0.39, 0.29) is 6.79 Å². The molecule has 1 heterocycles. The number of fused-ring (bicyclic) bond motifs is 1. The van der Waals surface area contributed by atoms with Crippen molar-refractivity contribution in [3.05, 3.63) is 22.2 Å². The topological polar surface area (TPSA) is 30.5 Å². The summed E-state index contributed by atoms with van der Waals surface area (Å²) in [6, 6.07) is 1.92. The highest BCUT2D eigenvalue weighted by atomic mass is 35.5. The maximum absolute atomic E-state index is 6.18. The van der Waals surface area contributed by atoms with Gasteiger partial charge < -0.3 is 14.8 Å². The van der Waals surface area contributed by atoms with Crippen molar-refractivity contribution in [1.29, 1.82) is 0 Å². The van der Waals surface area contributed by atoms with Crippen molar-refractivity contribution in [3.63, 3.8) is 0 Å². The largest absolute Gasteiger partial charge is 0.454 e. The summed E-state index contributed by atoms with van der Waals surface area (Å²) in [5.41, 5.74) is 1.99. The van der Waals surface area contributed by atoms with Gasteiger partial charge in [0.1, 0.15) is 0 Å². The van der Waals surface area contributed by atoms with Crippen LogP contribution in [0.3, 0.4) is 0 Å². The lowest BCUT2D eigenvalue weighted by atomic mass is 10.1. The van der Waals surface area contributed by atoms with Crippen LogP contribution in [0.2, 0.25) is 5.02 Å². The number of ether oxygens (including phenoxy) is 2. The summed E-state index contributed by atoms with van der Waals surface area (Å²) in [7, 11) is 1.89. The molecule has 0 saturated carbocycles. The molecule has 1 aromatic rings. The van der Waals surface area contributed by atoms with Crippen molar-refractivity contribution in [1.82, 2.24) is 5.32 Å². The predicted octanol–water partition coefficient (Wildman–Crippen LogP) is 2.10. The Morgan fingerprint density at radius 3 is 3.00 bits per heavy atom. The predicted molar refractivity (Wildman–Crippen MR) is 55.1 cm³/mol. The fraction of sp³-hybridized carbons (Fsp3) is 0.400. The first kappa shape index (κ1) is 9.62. The number of rotatable bonds is 2. The molecule has 0 aromatic heterocycles. The highest BCUT2D eigenvalue weighted by Crippen LogP contribution is 2.40. The summed E-state index contributed by atoms with van der Waals surface area (Å²) in [4.78, 5) is 0. The maximum Gasteiger partial charge on any atom is 0.231 e. The molecule has 4 heteroatoms. The first-order chi connectivity index (χ1) is 6.74. The smallest absolute Gasteiger partial charge is 0.231 e. The van der Waals surface area contributed by atoms with E-state index in [0.717, 1.165) is 34.2 Å². The minimum Gasteiger partial charge on any atom is -0.454 e. The Balaban J connectivity index is 2.49. The molecule has 0 amide bonds. The van der Waals surface area contributed by atoms with E-state index in [1.54, 1.807) is 0 Å². The molecular formula is C10H12ClNO2. The average Bonchev–Trinajstić information content (AvgIpc) is 2.62. The number of benzene rings is 1. The quantitative estimate of drug-likeness (QED) is 0.816. The summed E-state index contributed by atoms with van der Waals surface area (Å²) >= 11 is 6.18. The van der Waals surface area contributed by atoms with Crippen molar-refractivity contribution >= 4 is 11.6 Å². The van der Waals surface area contributed by atoms with Crippen LogP contribution in [0.1, 0.15) is 11.1 Å². The second kappa shape index (κ2) is 3.67. The van der Waals surface area contributed by atoms with E-state index in [9.17, 15) is 0 Å². The molecule has 1 aromatic carbocycles. The second-order valence-electron chi connectivity index (χ2n) is 3.24. The van der Waals surface area contributed by atoms with Gasteiger partial charge in [0.05, 0.1) is 5.02 Å². The zero-order valence-corrected chi connectivity index (χ0v) is 8.94. The molecule has 14 heavy (non-hydrogen) atoms. The van der Waals surface area contributed by atoms with Gasteiger partial charge in [-0.25, -0.2) is 0 Å². The third kappa shape index (κ3) is 1.42. The van der Waals surface area contributed by atoms with Gasteiger partial charge in [-0.15, -0.1) is 0 Å². The Kier molecular flexibility index (Phi) is 2.52. The van der Waals surface area contributed by atoms with E-state index in [1.165, 1.54) is 0 Å². The molecule has 0 bridgehead atoms. The van der Waals surface area contributed by atoms with Crippen molar-refractivity contribution < 1.29 is 9.47 Å². The summed E-state index contributed by atoms with van der Waals surface area (Å²) < 4.78 is 10.6. The fourth-order valence-electron chi connectivity index (χ4n) is 1.57. The Morgan fingerprint density at radius 1 is 1.50 bits per heavy atom. The van der Waals surface area contributed by atoms with E-state index in [1.807, 2.05) is 20.0 Å². The van der Waals surface area contributed by atoms with Crippen LogP contribution in [0, 0.1) is 6.92 Å². The van der Waals surface area contributed by atoms with Gasteiger partial charge in [-0.05, 0) is 25.6 Å². The van der Waals surface area contributed by atoms with Crippen LogP contribution in [0.5, 0.6) is 11.5 Å². The van der Waals surface area contributed by atoms with Gasteiger partial charge >= 0.3 is 0 Å². The number of hydrogen-bond acceptors (Lipinski definition) is 3. The average molecular weight is 214 g/mol. The van der Waals surface area contributed by atoms with Gasteiger partial charge in [0.15, 0.2) is 11.5 Å². The monoisotopic (exact) mass is 213 g/mol. The number of hydrogen-bond donors (Lipinski definition) is 1. The van der Waals surface area contributed by atoms with E-state index in [2.05, 4.69) is 5.32 Å². The van der Waals surface area contributed by atoms with Gasteiger partial charge in [-0.3, -0.25) is 0 Å². The highest BCUT2D eigenvalue weighted by molar-refractivity contribution is 6.32. The van der Waals surface area contributed by atoms with Gasteiger partial charge in [0.2, 0.25) is 6.79 Å². The van der Waals surface area contributed by atoms with Crippen LogP contribution >= 0.6 is 11.6 Å². The van der Waals surface area contributed by atoms with Gasteiger partial charge in [0, 0.05) is 12.1 Å². The lowest BCUT2D eigenvalue weighted by Gasteiger charge is -2.09. The van der Waals surface area contributed by atoms with E-state index >= 15 is 0 Å². The zero-order valence-electron chi connectivity index (χ0n) is 8.19. The lowest BCUT2D eigenvalue weighted by Crippen LogP contribution is -2.06. The maximum atomic E-state index is 6.18.